The fourth-order valence-electron chi connectivity index (χ4n) is 4.57. The molecule has 28 heavy (non-hydrogen) atoms. The van der Waals surface area contributed by atoms with Crippen molar-refractivity contribution in [2.75, 3.05) is 13.1 Å². The summed E-state index contributed by atoms with van der Waals surface area (Å²) in [5.74, 6) is 0.148. The maximum absolute atomic E-state index is 12.9. The molecule has 4 rings (SSSR count). The van der Waals surface area contributed by atoms with E-state index in [9.17, 15) is 9.59 Å². The summed E-state index contributed by atoms with van der Waals surface area (Å²) in [6.45, 7) is 1.28. The Morgan fingerprint density at radius 3 is 2.71 bits per heavy atom. The normalized spacial score (nSPS) is 20.9. The van der Waals surface area contributed by atoms with Gasteiger partial charge in [0.15, 0.2) is 0 Å². The SMILES string of the molecule is O=C(NC1CCCCC1)C1CCCN(C(=O)Cc2cccc3cccnc23)C1. The second-order valence-electron chi connectivity index (χ2n) is 8.19. The van der Waals surface area contributed by atoms with Gasteiger partial charge in [0.05, 0.1) is 17.9 Å². The highest BCUT2D eigenvalue weighted by Crippen LogP contribution is 2.22. The van der Waals surface area contributed by atoms with Crippen molar-refractivity contribution in [1.29, 1.82) is 0 Å². The number of likely N-dealkylation sites (tertiary alicyclic amines) is 1. The van der Waals surface area contributed by atoms with Crippen molar-refractivity contribution in [3.8, 4) is 0 Å². The number of nitrogens with zero attached hydrogens (tertiary/aromatic N) is 2. The lowest BCUT2D eigenvalue weighted by Crippen LogP contribution is -2.48. The average Bonchev–Trinajstić information content (AvgIpc) is 2.75. The number of hydrogen-bond acceptors (Lipinski definition) is 3. The lowest BCUT2D eigenvalue weighted by Gasteiger charge is -2.33. The van der Waals surface area contributed by atoms with E-state index in [0.717, 1.165) is 48.7 Å². The Labute approximate surface area is 166 Å². The second kappa shape index (κ2) is 8.72. The average molecular weight is 380 g/mol. The van der Waals surface area contributed by atoms with Crippen molar-refractivity contribution in [1.82, 2.24) is 15.2 Å². The third-order valence-corrected chi connectivity index (χ3v) is 6.15. The number of amides is 2. The molecule has 0 spiro atoms. The van der Waals surface area contributed by atoms with Crippen molar-refractivity contribution >= 4 is 22.7 Å². The molecule has 1 aliphatic heterocycles. The quantitative estimate of drug-likeness (QED) is 0.885. The Morgan fingerprint density at radius 1 is 1.04 bits per heavy atom. The molecule has 1 saturated heterocycles. The molecule has 1 N–H and O–H groups in total. The van der Waals surface area contributed by atoms with E-state index in [1.54, 1.807) is 6.20 Å². The number of piperidine rings is 1. The van der Waals surface area contributed by atoms with Crippen LogP contribution in [0.3, 0.4) is 0 Å². The molecule has 2 aromatic rings. The van der Waals surface area contributed by atoms with Gasteiger partial charge in [0.25, 0.3) is 0 Å². The summed E-state index contributed by atoms with van der Waals surface area (Å²) >= 11 is 0. The zero-order valence-corrected chi connectivity index (χ0v) is 16.4. The Hall–Kier alpha value is -2.43. The third kappa shape index (κ3) is 4.34. The molecule has 1 atom stereocenters. The minimum Gasteiger partial charge on any atom is -0.353 e. The van der Waals surface area contributed by atoms with Crippen LogP contribution in [-0.4, -0.2) is 40.8 Å². The summed E-state index contributed by atoms with van der Waals surface area (Å²) in [5.41, 5.74) is 1.85. The predicted octanol–water partition coefficient (Wildman–Crippen LogP) is 3.46. The van der Waals surface area contributed by atoms with E-state index in [1.807, 2.05) is 35.2 Å². The number of rotatable bonds is 4. The Balaban J connectivity index is 1.38. The molecular weight excluding hydrogens is 350 g/mol. The number of nitrogens with one attached hydrogen (secondary N) is 1. The molecule has 5 nitrogen and oxygen atoms in total. The van der Waals surface area contributed by atoms with E-state index >= 15 is 0 Å². The van der Waals surface area contributed by atoms with Crippen molar-refractivity contribution in [3.63, 3.8) is 0 Å². The van der Waals surface area contributed by atoms with Crippen LogP contribution in [0.15, 0.2) is 36.5 Å². The van der Waals surface area contributed by atoms with Crippen LogP contribution in [0.5, 0.6) is 0 Å². The van der Waals surface area contributed by atoms with Crippen LogP contribution >= 0.6 is 0 Å². The van der Waals surface area contributed by atoms with E-state index in [2.05, 4.69) is 10.3 Å². The zero-order valence-electron chi connectivity index (χ0n) is 16.4. The molecule has 1 saturated carbocycles. The monoisotopic (exact) mass is 379 g/mol. The van der Waals surface area contributed by atoms with Crippen LogP contribution in [0.4, 0.5) is 0 Å². The zero-order chi connectivity index (χ0) is 19.3. The summed E-state index contributed by atoms with van der Waals surface area (Å²) in [7, 11) is 0. The molecule has 148 valence electrons. The second-order valence-corrected chi connectivity index (χ2v) is 8.19. The molecule has 0 radical (unpaired) electrons. The fraction of sp³-hybridized carbons (Fsp3) is 0.522. The smallest absolute Gasteiger partial charge is 0.227 e. The highest BCUT2D eigenvalue weighted by Gasteiger charge is 2.30. The Morgan fingerprint density at radius 2 is 1.86 bits per heavy atom. The van der Waals surface area contributed by atoms with Crippen molar-refractivity contribution in [2.45, 2.75) is 57.4 Å². The predicted molar refractivity (Wildman–Crippen MR) is 110 cm³/mol. The Bertz CT molecular complexity index is 839. The lowest BCUT2D eigenvalue weighted by atomic mass is 9.92. The van der Waals surface area contributed by atoms with Gasteiger partial charge in [-0.1, -0.05) is 43.5 Å². The molecule has 2 fully saturated rings. The van der Waals surface area contributed by atoms with E-state index < -0.39 is 0 Å². The fourth-order valence-corrected chi connectivity index (χ4v) is 4.57. The number of carbonyl (C=O) groups excluding carboxylic acids is 2. The molecule has 1 aromatic heterocycles. The third-order valence-electron chi connectivity index (χ3n) is 6.15. The standard InChI is InChI=1S/C23H29N3O2/c27-21(15-18-8-4-7-17-9-5-13-24-22(17)18)26-14-6-10-19(16-26)23(28)25-20-11-2-1-3-12-20/h4-5,7-9,13,19-20H,1-3,6,10-12,14-16H2,(H,25,28). The largest absolute Gasteiger partial charge is 0.353 e. The minimum atomic E-state index is -0.0785. The summed E-state index contributed by atoms with van der Waals surface area (Å²) in [6, 6.07) is 10.2. The summed E-state index contributed by atoms with van der Waals surface area (Å²) < 4.78 is 0. The molecule has 2 heterocycles. The molecule has 5 heteroatoms. The van der Waals surface area contributed by atoms with Crippen molar-refractivity contribution in [2.24, 2.45) is 5.92 Å². The maximum Gasteiger partial charge on any atom is 0.227 e. The van der Waals surface area contributed by atoms with Gasteiger partial charge in [-0.3, -0.25) is 14.6 Å². The van der Waals surface area contributed by atoms with Gasteiger partial charge >= 0.3 is 0 Å². The summed E-state index contributed by atoms with van der Waals surface area (Å²) in [4.78, 5) is 32.0. The first-order valence-corrected chi connectivity index (χ1v) is 10.6. The van der Waals surface area contributed by atoms with Gasteiger partial charge in [0.1, 0.15) is 0 Å². The summed E-state index contributed by atoms with van der Waals surface area (Å²) in [6.07, 6.45) is 9.75. The van der Waals surface area contributed by atoms with Crippen molar-refractivity contribution in [3.05, 3.63) is 42.1 Å². The van der Waals surface area contributed by atoms with Crippen LogP contribution in [0.1, 0.15) is 50.5 Å². The number of benzene rings is 1. The van der Waals surface area contributed by atoms with E-state index in [-0.39, 0.29) is 17.7 Å². The molecule has 1 aromatic carbocycles. The molecule has 1 unspecified atom stereocenters. The Kier molecular flexibility index (Phi) is 5.89. The summed E-state index contributed by atoms with van der Waals surface area (Å²) in [5, 5.41) is 4.29. The van der Waals surface area contributed by atoms with Crippen LogP contribution in [0.25, 0.3) is 10.9 Å². The number of aromatic nitrogens is 1. The molecular formula is C23H29N3O2. The van der Waals surface area contributed by atoms with Crippen LogP contribution in [0.2, 0.25) is 0 Å². The molecule has 0 bridgehead atoms. The number of para-hydroxylation sites is 1. The van der Waals surface area contributed by atoms with E-state index in [0.29, 0.717) is 19.0 Å². The first-order chi connectivity index (χ1) is 13.7. The van der Waals surface area contributed by atoms with E-state index in [4.69, 9.17) is 0 Å². The minimum absolute atomic E-state index is 0.0785. The molecule has 1 aliphatic carbocycles. The highest BCUT2D eigenvalue weighted by atomic mass is 16.2. The van der Waals surface area contributed by atoms with Gasteiger partial charge in [0.2, 0.25) is 11.8 Å². The maximum atomic E-state index is 12.9. The van der Waals surface area contributed by atoms with Gasteiger partial charge in [-0.25, -0.2) is 0 Å². The van der Waals surface area contributed by atoms with Crippen LogP contribution in [0, 0.1) is 5.92 Å². The van der Waals surface area contributed by atoms with E-state index in [1.165, 1.54) is 19.3 Å². The van der Waals surface area contributed by atoms with Gasteiger partial charge in [-0.15, -0.1) is 0 Å². The van der Waals surface area contributed by atoms with Gasteiger partial charge in [-0.2, -0.15) is 0 Å². The van der Waals surface area contributed by atoms with Gasteiger partial charge in [-0.05, 0) is 37.3 Å². The van der Waals surface area contributed by atoms with Gasteiger partial charge in [0, 0.05) is 30.7 Å². The lowest BCUT2D eigenvalue weighted by molar-refractivity contribution is -0.135. The van der Waals surface area contributed by atoms with Crippen molar-refractivity contribution < 1.29 is 9.59 Å². The van der Waals surface area contributed by atoms with Crippen LogP contribution in [-0.2, 0) is 16.0 Å². The highest BCUT2D eigenvalue weighted by molar-refractivity contribution is 5.88. The molecule has 2 amide bonds. The number of carbonyl (C=O) groups is 2. The van der Waals surface area contributed by atoms with Crippen LogP contribution < -0.4 is 5.32 Å². The first kappa shape index (κ1) is 18.9. The number of pyridine rings is 1. The topological polar surface area (TPSA) is 62.3 Å². The first-order valence-electron chi connectivity index (χ1n) is 10.6. The number of fused-ring (bicyclic) bond motifs is 1. The van der Waals surface area contributed by atoms with Gasteiger partial charge < -0.3 is 10.2 Å². The molecule has 2 aliphatic rings. The number of hydrogen-bond donors (Lipinski definition) is 1.